The van der Waals surface area contributed by atoms with Crippen LogP contribution in [-0.4, -0.2) is 56.2 Å². The Kier molecular flexibility index (Phi) is 7.74. The molecule has 1 unspecified atom stereocenters. The minimum Gasteiger partial charge on any atom is -0.480 e. The number of H-pyrrole nitrogens is 1. The van der Waals surface area contributed by atoms with Crippen LogP contribution in [0, 0.1) is 0 Å². The molecule has 0 aliphatic carbocycles. The van der Waals surface area contributed by atoms with Gasteiger partial charge in [-0.2, -0.15) is 4.98 Å². The van der Waals surface area contributed by atoms with Crippen molar-refractivity contribution in [2.75, 3.05) is 12.8 Å². The molecule has 0 aromatic carbocycles. The van der Waals surface area contributed by atoms with Gasteiger partial charge < -0.3 is 16.2 Å². The van der Waals surface area contributed by atoms with E-state index in [9.17, 15) is 19.5 Å². The van der Waals surface area contributed by atoms with E-state index in [2.05, 4.69) is 42.5 Å². The number of hydrogen-bond donors (Lipinski definition) is 6. The van der Waals surface area contributed by atoms with Crippen LogP contribution in [-0.2, 0) is 16.1 Å². The molecule has 0 aliphatic heterocycles. The molecule has 1 amide bonds. The third-order valence-corrected chi connectivity index (χ3v) is 4.06. The Balaban J connectivity index is 2.06. The normalized spacial score (nSPS) is 13.0. The molecule has 0 saturated carbocycles. The average molecular weight is 404 g/mol. The van der Waals surface area contributed by atoms with Gasteiger partial charge in [-0.05, 0) is 12.8 Å². The minimum atomic E-state index is -1.06. The summed E-state index contributed by atoms with van der Waals surface area (Å²) in [7, 11) is 1.49. The zero-order valence-electron chi connectivity index (χ0n) is 15.9. The molecular weight excluding hydrogens is 380 g/mol. The molecule has 0 saturated heterocycles. The number of amides is 1. The van der Waals surface area contributed by atoms with E-state index in [-0.39, 0.29) is 42.4 Å². The first-order valence-corrected chi connectivity index (χ1v) is 8.89. The lowest BCUT2D eigenvalue weighted by atomic mass is 10.1. The van der Waals surface area contributed by atoms with Crippen molar-refractivity contribution in [2.45, 2.75) is 38.0 Å². The zero-order chi connectivity index (χ0) is 21.4. The number of carboxylic acid groups (broad SMARTS) is 1. The van der Waals surface area contributed by atoms with Crippen LogP contribution in [0.15, 0.2) is 23.6 Å². The summed E-state index contributed by atoms with van der Waals surface area (Å²) in [6, 6.07) is -0.928. The molecule has 2 rings (SSSR count). The van der Waals surface area contributed by atoms with E-state index in [1.807, 2.05) is 0 Å². The molecule has 2 heterocycles. The molecular formula is C17H24N8O4. The molecule has 0 radical (unpaired) electrons. The van der Waals surface area contributed by atoms with Gasteiger partial charge >= 0.3 is 5.97 Å². The first-order chi connectivity index (χ1) is 13.8. The summed E-state index contributed by atoms with van der Waals surface area (Å²) < 4.78 is 0. The largest absolute Gasteiger partial charge is 0.480 e. The number of aromatic nitrogens is 4. The number of fused-ring (bicyclic) bond motifs is 1. The third kappa shape index (κ3) is 6.33. The van der Waals surface area contributed by atoms with Gasteiger partial charge in [0.25, 0.3) is 5.56 Å². The molecule has 2 atom stereocenters. The van der Waals surface area contributed by atoms with E-state index in [0.717, 1.165) is 0 Å². The summed E-state index contributed by atoms with van der Waals surface area (Å²) in [5, 5.41) is 17.9. The summed E-state index contributed by atoms with van der Waals surface area (Å²) in [5.74, 6) is -1.35. The van der Waals surface area contributed by atoms with Gasteiger partial charge in [-0.1, -0.05) is 6.08 Å². The molecule has 12 heteroatoms. The first kappa shape index (κ1) is 21.9. The van der Waals surface area contributed by atoms with Gasteiger partial charge in [0.2, 0.25) is 11.9 Å². The van der Waals surface area contributed by atoms with Crippen molar-refractivity contribution in [3.05, 3.63) is 34.9 Å². The Bertz CT molecular complexity index is 945. The van der Waals surface area contributed by atoms with Crippen LogP contribution in [0.5, 0.6) is 0 Å². The lowest BCUT2D eigenvalue weighted by molar-refractivity contribution is -0.140. The fourth-order valence-corrected chi connectivity index (χ4v) is 2.58. The molecule has 7 N–H and O–H groups in total. The molecule has 0 fully saturated rings. The van der Waals surface area contributed by atoms with Crippen LogP contribution >= 0.6 is 0 Å². The number of hydrogen-bond acceptors (Lipinski definition) is 9. The molecule has 29 heavy (non-hydrogen) atoms. The predicted molar refractivity (Wildman–Crippen MR) is 106 cm³/mol. The second kappa shape index (κ2) is 10.2. The van der Waals surface area contributed by atoms with E-state index in [1.165, 1.54) is 13.2 Å². The number of anilines is 1. The summed E-state index contributed by atoms with van der Waals surface area (Å²) in [6.07, 6.45) is 3.26. The number of rotatable bonds is 11. The third-order valence-electron chi connectivity index (χ3n) is 4.06. The van der Waals surface area contributed by atoms with E-state index < -0.39 is 23.7 Å². The van der Waals surface area contributed by atoms with Gasteiger partial charge in [-0.3, -0.25) is 30.0 Å². The highest BCUT2D eigenvalue weighted by molar-refractivity contribution is 5.78. The number of carboxylic acids is 1. The number of aliphatic carboxylic acids is 1. The van der Waals surface area contributed by atoms with Gasteiger partial charge in [0.15, 0.2) is 11.2 Å². The zero-order valence-corrected chi connectivity index (χ0v) is 15.9. The second-order valence-electron chi connectivity index (χ2n) is 6.21. The van der Waals surface area contributed by atoms with Crippen LogP contribution in [0.3, 0.4) is 0 Å². The Morgan fingerprint density at radius 2 is 2.17 bits per heavy atom. The lowest BCUT2D eigenvalue weighted by Crippen LogP contribution is -2.50. The summed E-state index contributed by atoms with van der Waals surface area (Å²) in [4.78, 5) is 49.4. The van der Waals surface area contributed by atoms with Crippen molar-refractivity contribution in [3.63, 3.8) is 0 Å². The number of aromatic amines is 1. The summed E-state index contributed by atoms with van der Waals surface area (Å²) >= 11 is 0. The Hall–Kier alpha value is -3.38. The molecule has 12 nitrogen and oxygen atoms in total. The average Bonchev–Trinajstić information content (AvgIpc) is 2.68. The van der Waals surface area contributed by atoms with Gasteiger partial charge in [0.05, 0.1) is 18.1 Å². The highest BCUT2D eigenvalue weighted by Gasteiger charge is 2.22. The number of nitrogens with one attached hydrogen (secondary N) is 4. The van der Waals surface area contributed by atoms with Crippen LogP contribution in [0.25, 0.3) is 11.2 Å². The highest BCUT2D eigenvalue weighted by atomic mass is 16.4. The molecule has 0 bridgehead atoms. The van der Waals surface area contributed by atoms with E-state index in [4.69, 9.17) is 5.73 Å². The molecule has 0 spiro atoms. The van der Waals surface area contributed by atoms with Crippen molar-refractivity contribution in [2.24, 2.45) is 0 Å². The quantitative estimate of drug-likeness (QED) is 0.197. The second-order valence-corrected chi connectivity index (χ2v) is 6.21. The van der Waals surface area contributed by atoms with Crippen molar-refractivity contribution in [1.29, 1.82) is 0 Å². The van der Waals surface area contributed by atoms with Gasteiger partial charge in [0, 0.05) is 20.0 Å². The van der Waals surface area contributed by atoms with Gasteiger partial charge in [0.1, 0.15) is 6.04 Å². The maximum absolute atomic E-state index is 11.9. The van der Waals surface area contributed by atoms with Crippen molar-refractivity contribution < 1.29 is 14.7 Å². The van der Waals surface area contributed by atoms with Gasteiger partial charge in [-0.25, -0.2) is 9.97 Å². The number of nitrogens with two attached hydrogens (primary N) is 1. The summed E-state index contributed by atoms with van der Waals surface area (Å²) in [6.45, 7) is 3.88. The standard InChI is InChI=1S/C17H24N8O4/c1-3-4-11(23-10(16(28)29)5-6-12(26)19-2)20-7-9-8-21-14-13(22-9)15(27)25-17(18)24-14/h3,8,10-11,20,23H,1,4-7H2,2H3,(H,19,26)(H,28,29)(H3,18,21,24,25,27)/t10-,11?/m0/s1. The molecule has 156 valence electrons. The van der Waals surface area contributed by atoms with E-state index in [0.29, 0.717) is 12.1 Å². The van der Waals surface area contributed by atoms with Crippen LogP contribution in [0.4, 0.5) is 5.95 Å². The van der Waals surface area contributed by atoms with Crippen molar-refractivity contribution in [1.82, 2.24) is 35.9 Å². The van der Waals surface area contributed by atoms with Crippen LogP contribution in [0.1, 0.15) is 25.0 Å². The molecule has 0 aliphatic rings. The number of carbonyl (C=O) groups excluding carboxylic acids is 1. The van der Waals surface area contributed by atoms with E-state index >= 15 is 0 Å². The Labute approximate surface area is 166 Å². The van der Waals surface area contributed by atoms with Crippen LogP contribution < -0.4 is 27.2 Å². The number of carbonyl (C=O) groups is 2. The number of nitrogen functional groups attached to an aromatic ring is 1. The van der Waals surface area contributed by atoms with Crippen molar-refractivity contribution >= 4 is 29.0 Å². The fourth-order valence-electron chi connectivity index (χ4n) is 2.58. The smallest absolute Gasteiger partial charge is 0.320 e. The number of nitrogens with zero attached hydrogens (tertiary/aromatic N) is 3. The Morgan fingerprint density at radius 1 is 1.41 bits per heavy atom. The predicted octanol–water partition coefficient (Wildman–Crippen LogP) is -1.14. The topological polar surface area (TPSA) is 188 Å². The van der Waals surface area contributed by atoms with E-state index in [1.54, 1.807) is 6.08 Å². The fraction of sp³-hybridized carbons (Fsp3) is 0.412. The maximum Gasteiger partial charge on any atom is 0.320 e. The minimum absolute atomic E-state index is 0.0469. The Morgan fingerprint density at radius 3 is 2.83 bits per heavy atom. The molecule has 2 aromatic heterocycles. The van der Waals surface area contributed by atoms with Crippen molar-refractivity contribution in [3.8, 4) is 0 Å². The lowest BCUT2D eigenvalue weighted by Gasteiger charge is -2.23. The SMILES string of the molecule is C=CCC(NCc1cnc2nc(N)[nH]c(=O)c2n1)N[C@@H](CCC(=O)NC)C(=O)O. The first-order valence-electron chi connectivity index (χ1n) is 8.89. The van der Waals surface area contributed by atoms with Crippen LogP contribution in [0.2, 0.25) is 0 Å². The maximum atomic E-state index is 11.9. The summed E-state index contributed by atoms with van der Waals surface area (Å²) in [5.41, 5.74) is 5.63. The molecule has 2 aromatic rings. The monoisotopic (exact) mass is 404 g/mol. The van der Waals surface area contributed by atoms with Gasteiger partial charge in [-0.15, -0.1) is 6.58 Å². The highest BCUT2D eigenvalue weighted by Crippen LogP contribution is 2.05.